The molecule has 0 unspecified atom stereocenters. The van der Waals surface area contributed by atoms with Crippen LogP contribution in [0.25, 0.3) is 11.5 Å². The van der Waals surface area contributed by atoms with E-state index in [1.165, 1.54) is 0 Å². The Morgan fingerprint density at radius 2 is 1.96 bits per heavy atom. The van der Waals surface area contributed by atoms with E-state index in [2.05, 4.69) is 21.1 Å². The van der Waals surface area contributed by atoms with E-state index in [-0.39, 0.29) is 6.09 Å². The first-order chi connectivity index (χ1) is 12.8. The summed E-state index contributed by atoms with van der Waals surface area (Å²) in [5.74, 6) is 0.941. The quantitative estimate of drug-likeness (QED) is 0.803. The van der Waals surface area contributed by atoms with Gasteiger partial charge in [0.05, 0.1) is 11.3 Å². The zero-order valence-electron chi connectivity index (χ0n) is 16.0. The summed E-state index contributed by atoms with van der Waals surface area (Å²) < 4.78 is 10.6. The second-order valence-electron chi connectivity index (χ2n) is 7.44. The van der Waals surface area contributed by atoms with Crippen LogP contribution in [-0.2, 0) is 4.74 Å². The summed E-state index contributed by atoms with van der Waals surface area (Å²) in [6.07, 6.45) is -0.301. The summed E-state index contributed by atoms with van der Waals surface area (Å²) in [5.41, 5.74) is 1.57. The average molecular weight is 369 g/mol. The van der Waals surface area contributed by atoms with E-state index in [1.54, 1.807) is 17.9 Å². The Kier molecular flexibility index (Phi) is 5.04. The fourth-order valence-corrected chi connectivity index (χ4v) is 2.91. The van der Waals surface area contributed by atoms with Crippen LogP contribution in [0.1, 0.15) is 32.2 Å². The largest absolute Gasteiger partial charge is 0.444 e. The van der Waals surface area contributed by atoms with Gasteiger partial charge in [-0.2, -0.15) is 10.2 Å². The average Bonchev–Trinajstić information content (AvgIpc) is 3.06. The van der Waals surface area contributed by atoms with Gasteiger partial charge in [-0.15, -0.1) is 0 Å². The van der Waals surface area contributed by atoms with E-state index in [4.69, 9.17) is 9.26 Å². The molecular weight excluding hydrogens is 346 g/mol. The first-order valence-electron chi connectivity index (χ1n) is 8.84. The summed E-state index contributed by atoms with van der Waals surface area (Å²) in [6.45, 7) is 9.66. The predicted molar refractivity (Wildman–Crippen MR) is 99.2 cm³/mol. The third-order valence-corrected chi connectivity index (χ3v) is 4.16. The monoisotopic (exact) mass is 369 g/mol. The molecule has 1 aliphatic heterocycles. The third-order valence-electron chi connectivity index (χ3n) is 4.16. The molecule has 0 atom stereocenters. The first kappa shape index (κ1) is 18.7. The van der Waals surface area contributed by atoms with Crippen molar-refractivity contribution in [1.29, 1.82) is 5.26 Å². The second-order valence-corrected chi connectivity index (χ2v) is 7.44. The summed E-state index contributed by atoms with van der Waals surface area (Å²) in [4.78, 5) is 20.2. The summed E-state index contributed by atoms with van der Waals surface area (Å²) in [5, 5.41) is 13.3. The fraction of sp³-hybridized carbons (Fsp3) is 0.474. The van der Waals surface area contributed by atoms with E-state index >= 15 is 0 Å². The van der Waals surface area contributed by atoms with Crippen molar-refractivity contribution >= 4 is 11.8 Å². The molecule has 0 N–H and O–H groups in total. The number of rotatable bonds is 2. The zero-order valence-corrected chi connectivity index (χ0v) is 16.0. The number of benzene rings is 1. The summed E-state index contributed by atoms with van der Waals surface area (Å²) in [7, 11) is 0. The molecule has 1 aromatic carbocycles. The molecule has 0 spiro atoms. The lowest BCUT2D eigenvalue weighted by molar-refractivity contribution is 0.0240. The number of carbonyl (C=O) groups excluding carboxylic acids is 1. The Morgan fingerprint density at radius 1 is 1.26 bits per heavy atom. The molecule has 8 nitrogen and oxygen atoms in total. The van der Waals surface area contributed by atoms with Crippen LogP contribution in [0.4, 0.5) is 10.5 Å². The molecule has 3 rings (SSSR count). The van der Waals surface area contributed by atoms with Gasteiger partial charge < -0.3 is 19.1 Å². The Labute approximate surface area is 158 Å². The topological polar surface area (TPSA) is 95.5 Å². The van der Waals surface area contributed by atoms with Crippen molar-refractivity contribution in [3.8, 4) is 17.5 Å². The molecule has 142 valence electrons. The standard InChI is InChI=1S/C19H23N5O3/c1-13-21-17(27-22-13)14-5-6-16(15(11-14)12-20)23-7-9-24(10-8-23)18(25)26-19(2,3)4/h5-6,11H,7-10H2,1-4H3. The zero-order chi connectivity index (χ0) is 19.6. The lowest BCUT2D eigenvalue weighted by atomic mass is 10.1. The van der Waals surface area contributed by atoms with Gasteiger partial charge in [-0.25, -0.2) is 4.79 Å². The Hall–Kier alpha value is -3.08. The highest BCUT2D eigenvalue weighted by atomic mass is 16.6. The lowest BCUT2D eigenvalue weighted by Crippen LogP contribution is -2.50. The van der Waals surface area contributed by atoms with Gasteiger partial charge in [0.15, 0.2) is 5.82 Å². The number of aromatic nitrogens is 2. The number of nitrogens with zero attached hydrogens (tertiary/aromatic N) is 5. The normalized spacial score (nSPS) is 14.8. The molecule has 2 aromatic rings. The SMILES string of the molecule is Cc1noc(-c2ccc(N3CCN(C(=O)OC(C)(C)C)CC3)c(C#N)c2)n1. The van der Waals surface area contributed by atoms with Crippen LogP contribution in [0, 0.1) is 18.3 Å². The number of hydrogen-bond donors (Lipinski definition) is 0. The molecule has 27 heavy (non-hydrogen) atoms. The van der Waals surface area contributed by atoms with Crippen molar-refractivity contribution in [3.63, 3.8) is 0 Å². The van der Waals surface area contributed by atoms with Crippen LogP contribution in [0.3, 0.4) is 0 Å². The lowest BCUT2D eigenvalue weighted by Gasteiger charge is -2.37. The predicted octanol–water partition coefficient (Wildman–Crippen LogP) is 2.97. The van der Waals surface area contributed by atoms with Crippen LogP contribution < -0.4 is 4.90 Å². The summed E-state index contributed by atoms with van der Waals surface area (Å²) in [6, 6.07) is 7.74. The molecule has 1 aliphatic rings. The maximum absolute atomic E-state index is 12.2. The first-order valence-corrected chi connectivity index (χ1v) is 8.84. The number of ether oxygens (including phenoxy) is 1. The maximum atomic E-state index is 12.2. The van der Waals surface area contributed by atoms with Gasteiger partial charge in [-0.3, -0.25) is 0 Å². The smallest absolute Gasteiger partial charge is 0.410 e. The van der Waals surface area contributed by atoms with Crippen molar-refractivity contribution in [3.05, 3.63) is 29.6 Å². The molecule has 1 fully saturated rings. The van der Waals surface area contributed by atoms with E-state index < -0.39 is 5.60 Å². The fourth-order valence-electron chi connectivity index (χ4n) is 2.91. The molecule has 2 heterocycles. The summed E-state index contributed by atoms with van der Waals surface area (Å²) >= 11 is 0. The number of piperazine rings is 1. The van der Waals surface area contributed by atoms with Gasteiger partial charge in [0, 0.05) is 31.7 Å². The molecule has 1 amide bonds. The van der Waals surface area contributed by atoms with Gasteiger partial charge in [0.1, 0.15) is 11.7 Å². The van der Waals surface area contributed by atoms with E-state index in [0.29, 0.717) is 49.0 Å². The molecule has 0 aliphatic carbocycles. The third kappa shape index (κ3) is 4.37. The van der Waals surface area contributed by atoms with Crippen molar-refractivity contribution in [1.82, 2.24) is 15.0 Å². The highest BCUT2D eigenvalue weighted by molar-refractivity contribution is 5.70. The highest BCUT2D eigenvalue weighted by Crippen LogP contribution is 2.27. The minimum Gasteiger partial charge on any atom is -0.444 e. The highest BCUT2D eigenvalue weighted by Gasteiger charge is 2.27. The van der Waals surface area contributed by atoms with Gasteiger partial charge in [0.25, 0.3) is 5.89 Å². The number of nitriles is 1. The number of hydrogen-bond acceptors (Lipinski definition) is 7. The molecule has 8 heteroatoms. The van der Waals surface area contributed by atoms with Crippen molar-refractivity contribution in [2.24, 2.45) is 0 Å². The van der Waals surface area contributed by atoms with E-state index in [1.807, 2.05) is 32.9 Å². The van der Waals surface area contributed by atoms with Crippen LogP contribution >= 0.6 is 0 Å². The second kappa shape index (κ2) is 7.27. The molecule has 0 radical (unpaired) electrons. The van der Waals surface area contributed by atoms with E-state index in [9.17, 15) is 10.1 Å². The molecule has 0 bridgehead atoms. The molecular formula is C19H23N5O3. The minimum absolute atomic E-state index is 0.301. The molecule has 0 saturated carbocycles. The van der Waals surface area contributed by atoms with Crippen molar-refractivity contribution in [2.75, 3.05) is 31.1 Å². The van der Waals surface area contributed by atoms with Crippen LogP contribution in [0.5, 0.6) is 0 Å². The van der Waals surface area contributed by atoms with Crippen molar-refractivity contribution in [2.45, 2.75) is 33.3 Å². The van der Waals surface area contributed by atoms with Gasteiger partial charge in [0.2, 0.25) is 0 Å². The Bertz CT molecular complexity index is 870. The van der Waals surface area contributed by atoms with Crippen LogP contribution in [0.15, 0.2) is 22.7 Å². The number of carbonyl (C=O) groups is 1. The van der Waals surface area contributed by atoms with Gasteiger partial charge >= 0.3 is 6.09 Å². The number of amides is 1. The molecule has 1 saturated heterocycles. The van der Waals surface area contributed by atoms with Gasteiger partial charge in [-0.1, -0.05) is 5.16 Å². The number of aryl methyl sites for hydroxylation is 1. The molecule has 1 aromatic heterocycles. The Morgan fingerprint density at radius 3 is 2.52 bits per heavy atom. The maximum Gasteiger partial charge on any atom is 0.410 e. The Balaban J connectivity index is 1.71. The van der Waals surface area contributed by atoms with Crippen molar-refractivity contribution < 1.29 is 14.1 Å². The minimum atomic E-state index is -0.509. The number of anilines is 1. The van der Waals surface area contributed by atoms with Crippen LogP contribution in [0.2, 0.25) is 0 Å². The van der Waals surface area contributed by atoms with Crippen LogP contribution in [-0.4, -0.2) is 52.9 Å². The van der Waals surface area contributed by atoms with E-state index in [0.717, 1.165) is 5.69 Å². The van der Waals surface area contributed by atoms with Gasteiger partial charge in [-0.05, 0) is 45.9 Å².